The first-order valence-electron chi connectivity index (χ1n) is 6.24. The number of methoxy groups -OCH3 is 1. The molecule has 1 saturated heterocycles. The third kappa shape index (κ3) is 3.74. The summed E-state index contributed by atoms with van der Waals surface area (Å²) in [6.07, 6.45) is 0. The SMILES string of the molecule is COc1ccc(Cl)c(NC(=O)N2CCSCC2C(=O)O)c1. The molecule has 2 N–H and O–H groups in total. The number of rotatable bonds is 3. The lowest BCUT2D eigenvalue weighted by Crippen LogP contribution is -2.51. The molecule has 1 atom stereocenters. The number of carbonyl (C=O) groups excluding carboxylic acids is 1. The van der Waals surface area contributed by atoms with Gasteiger partial charge in [0.25, 0.3) is 0 Å². The number of carbonyl (C=O) groups is 2. The summed E-state index contributed by atoms with van der Waals surface area (Å²) < 4.78 is 5.08. The van der Waals surface area contributed by atoms with Crippen LogP contribution in [0.15, 0.2) is 18.2 Å². The van der Waals surface area contributed by atoms with Crippen molar-refractivity contribution in [3.05, 3.63) is 23.2 Å². The Hall–Kier alpha value is -1.60. The maximum atomic E-state index is 12.3. The molecule has 0 spiro atoms. The second kappa shape index (κ2) is 6.91. The standard InChI is InChI=1S/C13H15ClN2O4S/c1-20-8-2-3-9(14)10(6-8)15-13(19)16-4-5-21-7-11(16)12(17)18/h2-3,6,11H,4-5,7H2,1H3,(H,15,19)(H,17,18). The van der Waals surface area contributed by atoms with Crippen molar-refractivity contribution in [3.8, 4) is 5.75 Å². The lowest BCUT2D eigenvalue weighted by Gasteiger charge is -2.32. The Morgan fingerprint density at radius 1 is 1.52 bits per heavy atom. The number of hydrogen-bond acceptors (Lipinski definition) is 4. The number of nitrogens with zero attached hydrogens (tertiary/aromatic N) is 1. The van der Waals surface area contributed by atoms with Crippen LogP contribution in [0, 0.1) is 0 Å². The van der Waals surface area contributed by atoms with E-state index in [0.29, 0.717) is 34.5 Å². The van der Waals surface area contributed by atoms with Crippen LogP contribution < -0.4 is 10.1 Å². The number of aliphatic carboxylic acids is 1. The molecule has 114 valence electrons. The first kappa shape index (κ1) is 15.8. The lowest BCUT2D eigenvalue weighted by atomic mass is 10.2. The molecule has 0 saturated carbocycles. The van der Waals surface area contributed by atoms with Gasteiger partial charge < -0.3 is 20.1 Å². The van der Waals surface area contributed by atoms with Gasteiger partial charge in [0.15, 0.2) is 0 Å². The number of carboxylic acid groups (broad SMARTS) is 1. The molecular formula is C13H15ClN2O4S. The molecule has 2 amide bonds. The van der Waals surface area contributed by atoms with Crippen LogP contribution in [0.5, 0.6) is 5.75 Å². The van der Waals surface area contributed by atoms with Crippen molar-refractivity contribution in [2.24, 2.45) is 0 Å². The zero-order valence-electron chi connectivity index (χ0n) is 11.3. The maximum Gasteiger partial charge on any atom is 0.327 e. The number of urea groups is 1. The Labute approximate surface area is 131 Å². The summed E-state index contributed by atoms with van der Waals surface area (Å²) in [5, 5.41) is 12.2. The number of halogens is 1. The van der Waals surface area contributed by atoms with Gasteiger partial charge in [0.2, 0.25) is 0 Å². The molecule has 0 aromatic heterocycles. The van der Waals surface area contributed by atoms with Crippen LogP contribution in [-0.2, 0) is 4.79 Å². The van der Waals surface area contributed by atoms with Crippen LogP contribution in [0.1, 0.15) is 0 Å². The van der Waals surface area contributed by atoms with Crippen molar-refractivity contribution < 1.29 is 19.4 Å². The summed E-state index contributed by atoms with van der Waals surface area (Å²) in [4.78, 5) is 24.8. The van der Waals surface area contributed by atoms with E-state index in [1.165, 1.54) is 23.8 Å². The summed E-state index contributed by atoms with van der Waals surface area (Å²) in [5.74, 6) is 0.644. The van der Waals surface area contributed by atoms with Gasteiger partial charge in [0.05, 0.1) is 17.8 Å². The highest BCUT2D eigenvalue weighted by atomic mass is 35.5. The van der Waals surface area contributed by atoms with E-state index in [9.17, 15) is 14.7 Å². The first-order valence-corrected chi connectivity index (χ1v) is 7.78. The third-order valence-electron chi connectivity index (χ3n) is 3.09. The Kier molecular flexibility index (Phi) is 5.19. The van der Waals surface area contributed by atoms with Crippen molar-refractivity contribution in [1.29, 1.82) is 0 Å². The second-order valence-corrected chi connectivity index (χ2v) is 5.96. The molecular weight excluding hydrogens is 316 g/mol. The number of hydrogen-bond donors (Lipinski definition) is 2. The molecule has 1 heterocycles. The molecule has 1 aromatic carbocycles. The van der Waals surface area contributed by atoms with E-state index in [1.807, 2.05) is 0 Å². The normalized spacial score (nSPS) is 18.2. The van der Waals surface area contributed by atoms with Gasteiger partial charge in [-0.15, -0.1) is 0 Å². The minimum absolute atomic E-state index is 0.363. The molecule has 1 unspecified atom stereocenters. The summed E-state index contributed by atoms with van der Waals surface area (Å²) in [6.45, 7) is 0.384. The van der Waals surface area contributed by atoms with Gasteiger partial charge in [-0.3, -0.25) is 0 Å². The number of benzene rings is 1. The molecule has 1 aliphatic rings. The predicted molar refractivity (Wildman–Crippen MR) is 82.5 cm³/mol. The number of nitrogens with one attached hydrogen (secondary N) is 1. The number of anilines is 1. The van der Waals surface area contributed by atoms with Crippen LogP contribution in [0.25, 0.3) is 0 Å². The van der Waals surface area contributed by atoms with Crippen LogP contribution in [-0.4, -0.2) is 53.2 Å². The molecule has 0 aliphatic carbocycles. The fraction of sp³-hybridized carbons (Fsp3) is 0.385. The van der Waals surface area contributed by atoms with Crippen LogP contribution in [0.2, 0.25) is 5.02 Å². The molecule has 1 aromatic rings. The molecule has 1 aliphatic heterocycles. The zero-order valence-corrected chi connectivity index (χ0v) is 12.9. The lowest BCUT2D eigenvalue weighted by molar-refractivity contribution is -0.141. The van der Waals surface area contributed by atoms with Gasteiger partial charge in [-0.2, -0.15) is 11.8 Å². The Morgan fingerprint density at radius 3 is 2.95 bits per heavy atom. The first-order chi connectivity index (χ1) is 10.0. The maximum absolute atomic E-state index is 12.3. The molecule has 1 fully saturated rings. The summed E-state index contributed by atoms with van der Waals surface area (Å²) in [5.41, 5.74) is 0.392. The molecule has 8 heteroatoms. The smallest absolute Gasteiger partial charge is 0.327 e. The van der Waals surface area contributed by atoms with E-state index in [4.69, 9.17) is 16.3 Å². The van der Waals surface area contributed by atoms with Crippen molar-refractivity contribution in [1.82, 2.24) is 4.90 Å². The van der Waals surface area contributed by atoms with E-state index in [1.54, 1.807) is 18.2 Å². The summed E-state index contributed by atoms with van der Waals surface area (Å²) in [7, 11) is 1.51. The molecule has 21 heavy (non-hydrogen) atoms. The topological polar surface area (TPSA) is 78.9 Å². The molecule has 0 bridgehead atoms. The van der Waals surface area contributed by atoms with Gasteiger partial charge >= 0.3 is 12.0 Å². The van der Waals surface area contributed by atoms with Gasteiger partial charge in [-0.05, 0) is 12.1 Å². The van der Waals surface area contributed by atoms with E-state index in [-0.39, 0.29) is 0 Å². The highest BCUT2D eigenvalue weighted by molar-refractivity contribution is 7.99. The fourth-order valence-corrected chi connectivity index (χ4v) is 3.17. The number of amides is 2. The van der Waals surface area contributed by atoms with Gasteiger partial charge in [-0.25, -0.2) is 9.59 Å². The average molecular weight is 331 g/mol. The molecule has 2 rings (SSSR count). The van der Waals surface area contributed by atoms with E-state index < -0.39 is 18.0 Å². The van der Waals surface area contributed by atoms with Gasteiger partial charge in [0.1, 0.15) is 11.8 Å². The van der Waals surface area contributed by atoms with Crippen LogP contribution in [0.3, 0.4) is 0 Å². The average Bonchev–Trinajstić information content (AvgIpc) is 2.49. The quantitative estimate of drug-likeness (QED) is 0.889. The fourth-order valence-electron chi connectivity index (χ4n) is 1.97. The largest absolute Gasteiger partial charge is 0.497 e. The van der Waals surface area contributed by atoms with Gasteiger partial charge in [-0.1, -0.05) is 11.6 Å². The summed E-state index contributed by atoms with van der Waals surface area (Å²) >= 11 is 7.55. The second-order valence-electron chi connectivity index (χ2n) is 4.40. The van der Waals surface area contributed by atoms with E-state index in [2.05, 4.69) is 5.32 Å². The predicted octanol–water partition coefficient (Wildman–Crippen LogP) is 2.38. The monoisotopic (exact) mass is 330 g/mol. The van der Waals surface area contributed by atoms with Crippen molar-refractivity contribution >= 4 is 41.1 Å². The van der Waals surface area contributed by atoms with Crippen molar-refractivity contribution in [2.75, 3.05) is 30.5 Å². The highest BCUT2D eigenvalue weighted by Crippen LogP contribution is 2.27. The Morgan fingerprint density at radius 2 is 2.29 bits per heavy atom. The number of thioether (sulfide) groups is 1. The zero-order chi connectivity index (χ0) is 15.4. The minimum Gasteiger partial charge on any atom is -0.497 e. The summed E-state index contributed by atoms with van der Waals surface area (Å²) in [6, 6.07) is 3.58. The van der Waals surface area contributed by atoms with Crippen LogP contribution >= 0.6 is 23.4 Å². The Bertz CT molecular complexity index is 555. The van der Waals surface area contributed by atoms with E-state index >= 15 is 0 Å². The van der Waals surface area contributed by atoms with Crippen molar-refractivity contribution in [2.45, 2.75) is 6.04 Å². The third-order valence-corrected chi connectivity index (χ3v) is 4.44. The minimum atomic E-state index is -1.01. The van der Waals surface area contributed by atoms with E-state index in [0.717, 1.165) is 0 Å². The van der Waals surface area contributed by atoms with Crippen molar-refractivity contribution in [3.63, 3.8) is 0 Å². The number of carboxylic acids is 1. The Balaban J connectivity index is 2.14. The highest BCUT2D eigenvalue weighted by Gasteiger charge is 2.32. The van der Waals surface area contributed by atoms with Crippen LogP contribution in [0.4, 0.5) is 10.5 Å². The van der Waals surface area contributed by atoms with Gasteiger partial charge in [0, 0.05) is 24.1 Å². The molecule has 0 radical (unpaired) electrons. The number of ether oxygens (including phenoxy) is 1. The molecule has 6 nitrogen and oxygen atoms in total.